The molecule has 1 aromatic rings. The summed E-state index contributed by atoms with van der Waals surface area (Å²) in [5.41, 5.74) is 6.74. The summed E-state index contributed by atoms with van der Waals surface area (Å²) in [6.07, 6.45) is 0. The summed E-state index contributed by atoms with van der Waals surface area (Å²) in [7, 11) is 1.63. The summed E-state index contributed by atoms with van der Waals surface area (Å²) >= 11 is 0. The number of ether oxygens (including phenoxy) is 1. The molecule has 0 atom stereocenters. The van der Waals surface area contributed by atoms with Crippen LogP contribution in [0.15, 0.2) is 18.2 Å². The molecule has 0 bridgehead atoms. The van der Waals surface area contributed by atoms with Crippen LogP contribution in [-0.4, -0.2) is 18.6 Å². The van der Waals surface area contributed by atoms with Crippen LogP contribution < -0.4 is 15.8 Å². The van der Waals surface area contributed by atoms with Gasteiger partial charge in [-0.15, -0.1) is 0 Å². The van der Waals surface area contributed by atoms with Gasteiger partial charge in [-0.25, -0.2) is 0 Å². The molecular formula is C13H20N2O2. The molecule has 94 valence electrons. The summed E-state index contributed by atoms with van der Waals surface area (Å²) in [6.45, 7) is 6.08. The molecule has 0 aliphatic rings. The van der Waals surface area contributed by atoms with E-state index in [1.807, 2.05) is 25.1 Å². The molecule has 3 N–H and O–H groups in total. The third-order valence-electron chi connectivity index (χ3n) is 2.77. The van der Waals surface area contributed by atoms with Crippen molar-refractivity contribution in [2.45, 2.75) is 32.9 Å². The Hall–Kier alpha value is -1.55. The Kier molecular flexibility index (Phi) is 4.12. The lowest BCUT2D eigenvalue weighted by molar-refractivity contribution is -0.123. The summed E-state index contributed by atoms with van der Waals surface area (Å²) < 4.78 is 5.27. The van der Waals surface area contributed by atoms with Crippen LogP contribution in [0.1, 0.15) is 25.0 Å². The molecule has 1 amide bonds. The number of nitrogens with two attached hydrogens (primary N) is 1. The molecule has 1 rings (SSSR count). The van der Waals surface area contributed by atoms with Crippen LogP contribution in [0.5, 0.6) is 5.75 Å². The Morgan fingerprint density at radius 1 is 1.47 bits per heavy atom. The molecular weight excluding hydrogens is 216 g/mol. The van der Waals surface area contributed by atoms with Gasteiger partial charge in [0.05, 0.1) is 12.6 Å². The van der Waals surface area contributed by atoms with Gasteiger partial charge in [0.2, 0.25) is 5.91 Å². The van der Waals surface area contributed by atoms with E-state index in [-0.39, 0.29) is 5.91 Å². The number of hydrogen-bond donors (Lipinski definition) is 2. The highest BCUT2D eigenvalue weighted by Crippen LogP contribution is 2.20. The minimum Gasteiger partial charge on any atom is -0.496 e. The fraction of sp³-hybridized carbons (Fsp3) is 0.462. The third kappa shape index (κ3) is 3.46. The number of methoxy groups -OCH3 is 1. The second-order valence-electron chi connectivity index (χ2n) is 4.66. The standard InChI is InChI=1S/C13H20N2O2/c1-9-5-6-11(17-4)10(7-9)8-15-13(2,3)12(14)16/h5-7,15H,8H2,1-4H3,(H2,14,16). The summed E-state index contributed by atoms with van der Waals surface area (Å²) in [4.78, 5) is 11.2. The van der Waals surface area contributed by atoms with Crippen LogP contribution in [0, 0.1) is 6.92 Å². The zero-order valence-electron chi connectivity index (χ0n) is 10.8. The fourth-order valence-electron chi connectivity index (χ4n) is 1.45. The minimum absolute atomic E-state index is 0.371. The smallest absolute Gasteiger partial charge is 0.237 e. The van der Waals surface area contributed by atoms with Crippen LogP contribution in [-0.2, 0) is 11.3 Å². The molecule has 0 fully saturated rings. The molecule has 4 nitrogen and oxygen atoms in total. The monoisotopic (exact) mass is 236 g/mol. The van der Waals surface area contributed by atoms with E-state index in [9.17, 15) is 4.79 Å². The molecule has 4 heteroatoms. The molecule has 0 unspecified atom stereocenters. The molecule has 0 aliphatic carbocycles. The third-order valence-corrected chi connectivity index (χ3v) is 2.77. The molecule has 0 spiro atoms. The molecule has 17 heavy (non-hydrogen) atoms. The maximum atomic E-state index is 11.2. The van der Waals surface area contributed by atoms with Crippen molar-refractivity contribution in [1.29, 1.82) is 0 Å². The minimum atomic E-state index is -0.727. The first-order valence-electron chi connectivity index (χ1n) is 5.55. The Morgan fingerprint density at radius 3 is 2.65 bits per heavy atom. The van der Waals surface area contributed by atoms with Crippen LogP contribution in [0.25, 0.3) is 0 Å². The van der Waals surface area contributed by atoms with E-state index in [1.54, 1.807) is 21.0 Å². The lowest BCUT2D eigenvalue weighted by Crippen LogP contribution is -2.50. The molecule has 0 saturated carbocycles. The molecule has 0 saturated heterocycles. The average molecular weight is 236 g/mol. The van der Waals surface area contributed by atoms with Crippen molar-refractivity contribution in [3.05, 3.63) is 29.3 Å². The van der Waals surface area contributed by atoms with E-state index in [2.05, 4.69) is 5.32 Å². The molecule has 0 aliphatic heterocycles. The predicted octanol–water partition coefficient (Wildman–Crippen LogP) is 1.36. The molecule has 0 aromatic heterocycles. The number of nitrogens with one attached hydrogen (secondary N) is 1. The number of hydrogen-bond acceptors (Lipinski definition) is 3. The second kappa shape index (κ2) is 5.19. The zero-order valence-corrected chi connectivity index (χ0v) is 10.8. The van der Waals surface area contributed by atoms with Crippen LogP contribution in [0.4, 0.5) is 0 Å². The van der Waals surface area contributed by atoms with Crippen molar-refractivity contribution in [2.24, 2.45) is 5.73 Å². The summed E-state index contributed by atoms with van der Waals surface area (Å²) in [5.74, 6) is 0.437. The number of rotatable bonds is 5. The van der Waals surface area contributed by atoms with Crippen molar-refractivity contribution >= 4 is 5.91 Å². The lowest BCUT2D eigenvalue weighted by atomic mass is 10.0. The quantitative estimate of drug-likeness (QED) is 0.811. The van der Waals surface area contributed by atoms with Crippen molar-refractivity contribution < 1.29 is 9.53 Å². The van der Waals surface area contributed by atoms with Gasteiger partial charge in [-0.3, -0.25) is 10.1 Å². The maximum absolute atomic E-state index is 11.2. The van der Waals surface area contributed by atoms with Gasteiger partial charge in [0.15, 0.2) is 0 Å². The molecule has 1 aromatic carbocycles. The van der Waals surface area contributed by atoms with E-state index < -0.39 is 5.54 Å². The highest BCUT2D eigenvalue weighted by Gasteiger charge is 2.24. The first kappa shape index (κ1) is 13.5. The topological polar surface area (TPSA) is 64.3 Å². The highest BCUT2D eigenvalue weighted by molar-refractivity contribution is 5.83. The van der Waals surface area contributed by atoms with Crippen LogP contribution in [0.3, 0.4) is 0 Å². The van der Waals surface area contributed by atoms with E-state index in [0.717, 1.165) is 16.9 Å². The molecule has 0 radical (unpaired) electrons. The van der Waals surface area contributed by atoms with Crippen molar-refractivity contribution in [2.75, 3.05) is 7.11 Å². The highest BCUT2D eigenvalue weighted by atomic mass is 16.5. The number of primary amides is 1. The van der Waals surface area contributed by atoms with Crippen molar-refractivity contribution in [1.82, 2.24) is 5.32 Å². The second-order valence-corrected chi connectivity index (χ2v) is 4.66. The van der Waals surface area contributed by atoms with E-state index >= 15 is 0 Å². The Labute approximate surface area is 102 Å². The predicted molar refractivity (Wildman–Crippen MR) is 67.8 cm³/mol. The Bertz CT molecular complexity index is 414. The maximum Gasteiger partial charge on any atom is 0.237 e. The van der Waals surface area contributed by atoms with Gasteiger partial charge in [-0.2, -0.15) is 0 Å². The lowest BCUT2D eigenvalue weighted by Gasteiger charge is -2.23. The Balaban J connectivity index is 2.81. The van der Waals surface area contributed by atoms with Gasteiger partial charge in [-0.1, -0.05) is 17.7 Å². The van der Waals surface area contributed by atoms with Crippen molar-refractivity contribution in [3.8, 4) is 5.75 Å². The van der Waals surface area contributed by atoms with E-state index in [1.165, 1.54) is 0 Å². The van der Waals surface area contributed by atoms with E-state index in [4.69, 9.17) is 10.5 Å². The first-order chi connectivity index (χ1) is 7.86. The van der Waals surface area contributed by atoms with Gasteiger partial charge >= 0.3 is 0 Å². The number of carbonyl (C=O) groups excluding carboxylic acids is 1. The van der Waals surface area contributed by atoms with Gasteiger partial charge in [-0.05, 0) is 26.8 Å². The van der Waals surface area contributed by atoms with Crippen molar-refractivity contribution in [3.63, 3.8) is 0 Å². The van der Waals surface area contributed by atoms with E-state index in [0.29, 0.717) is 6.54 Å². The summed E-state index contributed by atoms with van der Waals surface area (Å²) in [6, 6.07) is 5.94. The zero-order chi connectivity index (χ0) is 13.1. The van der Waals surface area contributed by atoms with Gasteiger partial charge in [0.25, 0.3) is 0 Å². The van der Waals surface area contributed by atoms with Gasteiger partial charge in [0.1, 0.15) is 5.75 Å². The normalized spacial score (nSPS) is 11.3. The average Bonchev–Trinajstić information content (AvgIpc) is 2.26. The summed E-state index contributed by atoms with van der Waals surface area (Å²) in [5, 5.41) is 3.12. The SMILES string of the molecule is COc1ccc(C)cc1CNC(C)(C)C(N)=O. The van der Waals surface area contributed by atoms with Crippen LogP contribution in [0.2, 0.25) is 0 Å². The number of aryl methyl sites for hydroxylation is 1. The largest absolute Gasteiger partial charge is 0.496 e. The fourth-order valence-corrected chi connectivity index (χ4v) is 1.45. The number of amides is 1. The van der Waals surface area contributed by atoms with Gasteiger partial charge < -0.3 is 10.5 Å². The van der Waals surface area contributed by atoms with Crippen LogP contribution >= 0.6 is 0 Å². The van der Waals surface area contributed by atoms with Gasteiger partial charge in [0, 0.05) is 12.1 Å². The number of carbonyl (C=O) groups is 1. The first-order valence-corrected chi connectivity index (χ1v) is 5.55. The Morgan fingerprint density at radius 2 is 2.12 bits per heavy atom. The molecule has 0 heterocycles. The number of benzene rings is 1.